The summed E-state index contributed by atoms with van der Waals surface area (Å²) < 4.78 is 27.2. The maximum Gasteiger partial charge on any atom is 0.345 e. The fourth-order valence-corrected chi connectivity index (χ4v) is 6.20. The van der Waals surface area contributed by atoms with Gasteiger partial charge in [-0.05, 0) is 48.9 Å². The fraction of sp³-hybridized carbons (Fsp3) is 0.583. The third kappa shape index (κ3) is 3.48. The lowest BCUT2D eigenvalue weighted by atomic mass is 10.1. The number of carboxylic acids is 1. The molecule has 1 aromatic heterocycles. The summed E-state index contributed by atoms with van der Waals surface area (Å²) in [4.78, 5) is 13.1. The second kappa shape index (κ2) is 6.33. The van der Waals surface area contributed by atoms with E-state index >= 15 is 0 Å². The number of nitrogens with zero attached hydrogens (tertiary/aromatic N) is 2. The minimum absolute atomic E-state index is 0.0154. The molecule has 1 aliphatic heterocycles. The van der Waals surface area contributed by atoms with E-state index in [0.29, 0.717) is 16.9 Å². The van der Waals surface area contributed by atoms with Crippen molar-refractivity contribution >= 4 is 43.3 Å². The fourth-order valence-electron chi connectivity index (χ4n) is 2.33. The van der Waals surface area contributed by atoms with Gasteiger partial charge < -0.3 is 10.0 Å². The minimum atomic E-state index is -3.66. The molecule has 0 bridgehead atoms. The van der Waals surface area contributed by atoms with E-state index in [1.165, 1.54) is 10.4 Å². The lowest BCUT2D eigenvalue weighted by Crippen LogP contribution is -2.47. The van der Waals surface area contributed by atoms with E-state index in [0.717, 1.165) is 24.2 Å². The van der Waals surface area contributed by atoms with Gasteiger partial charge in [-0.1, -0.05) is 0 Å². The molecule has 9 heteroatoms. The van der Waals surface area contributed by atoms with Gasteiger partial charge in [0.1, 0.15) is 9.77 Å². The maximum absolute atomic E-state index is 12.7. The van der Waals surface area contributed by atoms with E-state index in [4.69, 9.17) is 5.11 Å². The van der Waals surface area contributed by atoms with Crippen LogP contribution in [0.15, 0.2) is 14.7 Å². The van der Waals surface area contributed by atoms with Crippen LogP contribution in [0.3, 0.4) is 0 Å². The van der Waals surface area contributed by atoms with Crippen LogP contribution in [0.2, 0.25) is 0 Å². The lowest BCUT2D eigenvalue weighted by Gasteiger charge is -2.35. The number of thiophene rings is 1. The van der Waals surface area contributed by atoms with Crippen LogP contribution in [0.4, 0.5) is 0 Å². The molecular formula is C12H17BrN2O4S2. The molecule has 0 amide bonds. The Balaban J connectivity index is 2.31. The van der Waals surface area contributed by atoms with Gasteiger partial charge >= 0.3 is 5.97 Å². The first-order valence-electron chi connectivity index (χ1n) is 6.42. The zero-order chi connectivity index (χ0) is 15.8. The van der Waals surface area contributed by atoms with E-state index in [2.05, 4.69) is 15.9 Å². The normalized spacial score (nSPS) is 20.9. The number of piperidine rings is 1. The van der Waals surface area contributed by atoms with E-state index < -0.39 is 16.0 Å². The number of aromatic carboxylic acids is 1. The second-order valence-corrected chi connectivity index (χ2v) is 9.45. The summed E-state index contributed by atoms with van der Waals surface area (Å²) in [6.45, 7) is 0.900. The van der Waals surface area contributed by atoms with Crippen molar-refractivity contribution in [1.29, 1.82) is 0 Å². The summed E-state index contributed by atoms with van der Waals surface area (Å²) in [5.41, 5.74) is 0. The van der Waals surface area contributed by atoms with Crippen molar-refractivity contribution < 1.29 is 18.3 Å². The molecule has 21 heavy (non-hydrogen) atoms. The van der Waals surface area contributed by atoms with Crippen molar-refractivity contribution in [3.8, 4) is 0 Å². The number of carbonyl (C=O) groups is 1. The third-order valence-corrected chi connectivity index (χ3v) is 7.68. The molecular weight excluding hydrogens is 380 g/mol. The third-order valence-electron chi connectivity index (χ3n) is 3.57. The van der Waals surface area contributed by atoms with Gasteiger partial charge in [0, 0.05) is 19.1 Å². The van der Waals surface area contributed by atoms with Crippen LogP contribution in [-0.4, -0.2) is 61.9 Å². The average molecular weight is 397 g/mol. The lowest BCUT2D eigenvalue weighted by molar-refractivity contribution is 0.0702. The summed E-state index contributed by atoms with van der Waals surface area (Å²) >= 11 is 4.09. The Kier molecular flexibility index (Phi) is 5.09. The van der Waals surface area contributed by atoms with Gasteiger partial charge in [0.05, 0.1) is 3.79 Å². The van der Waals surface area contributed by atoms with Crippen LogP contribution in [0.1, 0.15) is 22.5 Å². The number of sulfonamides is 1. The van der Waals surface area contributed by atoms with Crippen molar-refractivity contribution in [3.05, 3.63) is 14.7 Å². The number of hydrogen-bond acceptors (Lipinski definition) is 5. The molecule has 1 saturated heterocycles. The van der Waals surface area contributed by atoms with E-state index in [-0.39, 0.29) is 15.8 Å². The summed E-state index contributed by atoms with van der Waals surface area (Å²) in [5.74, 6) is -1.12. The number of halogens is 1. The average Bonchev–Trinajstić information content (AvgIpc) is 2.82. The molecule has 1 N–H and O–H groups in total. The van der Waals surface area contributed by atoms with Crippen LogP contribution in [0, 0.1) is 0 Å². The summed E-state index contributed by atoms with van der Waals surface area (Å²) in [6.07, 6.45) is 1.76. The molecule has 1 atom stereocenters. The molecule has 0 aliphatic carbocycles. The predicted octanol–water partition coefficient (Wildman–Crippen LogP) is 1.92. The number of rotatable bonds is 4. The monoisotopic (exact) mass is 396 g/mol. The van der Waals surface area contributed by atoms with Gasteiger partial charge in [-0.3, -0.25) is 0 Å². The Labute approximate surface area is 136 Å². The Morgan fingerprint density at radius 1 is 1.52 bits per heavy atom. The van der Waals surface area contributed by atoms with E-state index in [9.17, 15) is 13.2 Å². The van der Waals surface area contributed by atoms with Crippen molar-refractivity contribution in [2.45, 2.75) is 23.8 Å². The Morgan fingerprint density at radius 3 is 2.71 bits per heavy atom. The van der Waals surface area contributed by atoms with E-state index in [1.807, 2.05) is 19.0 Å². The highest BCUT2D eigenvalue weighted by Crippen LogP contribution is 2.34. The van der Waals surface area contributed by atoms with Gasteiger partial charge in [-0.15, -0.1) is 11.3 Å². The highest BCUT2D eigenvalue weighted by atomic mass is 79.9. The zero-order valence-corrected chi connectivity index (χ0v) is 15.0. The SMILES string of the molecule is CN(C)C1CCCN(S(=O)(=O)c2cc(C(=O)O)sc2Br)C1. The molecule has 1 fully saturated rings. The Hall–Kier alpha value is -0.480. The summed E-state index contributed by atoms with van der Waals surface area (Å²) in [5, 5.41) is 8.99. The topological polar surface area (TPSA) is 77.9 Å². The first-order chi connectivity index (χ1) is 9.73. The van der Waals surface area contributed by atoms with Crippen LogP contribution in [-0.2, 0) is 10.0 Å². The summed E-state index contributed by atoms with van der Waals surface area (Å²) in [6, 6.07) is 1.41. The molecule has 1 aliphatic rings. The predicted molar refractivity (Wildman–Crippen MR) is 84.4 cm³/mol. The van der Waals surface area contributed by atoms with Crippen LogP contribution in [0.25, 0.3) is 0 Å². The largest absolute Gasteiger partial charge is 0.477 e. The van der Waals surface area contributed by atoms with Crippen LogP contribution >= 0.6 is 27.3 Å². The van der Waals surface area contributed by atoms with Gasteiger partial charge in [0.2, 0.25) is 10.0 Å². The molecule has 0 radical (unpaired) electrons. The molecule has 0 spiro atoms. The van der Waals surface area contributed by atoms with Gasteiger partial charge in [0.15, 0.2) is 0 Å². The van der Waals surface area contributed by atoms with Crippen molar-refractivity contribution in [1.82, 2.24) is 9.21 Å². The van der Waals surface area contributed by atoms with Gasteiger partial charge in [-0.2, -0.15) is 4.31 Å². The second-order valence-electron chi connectivity index (χ2n) is 5.18. The Morgan fingerprint density at radius 2 is 2.19 bits per heavy atom. The van der Waals surface area contributed by atoms with Crippen LogP contribution in [0.5, 0.6) is 0 Å². The van der Waals surface area contributed by atoms with Crippen molar-refractivity contribution in [2.75, 3.05) is 27.2 Å². The van der Waals surface area contributed by atoms with E-state index in [1.54, 1.807) is 0 Å². The number of carboxylic acid groups (broad SMARTS) is 1. The first-order valence-corrected chi connectivity index (χ1v) is 9.47. The standard InChI is InChI=1S/C12H17BrN2O4S2/c1-14(2)8-4-3-5-15(7-8)21(18,19)10-6-9(12(16)17)20-11(10)13/h6,8H,3-5,7H2,1-2H3,(H,16,17). The van der Waals surface area contributed by atoms with Crippen LogP contribution < -0.4 is 0 Å². The van der Waals surface area contributed by atoms with Crippen molar-refractivity contribution in [3.63, 3.8) is 0 Å². The van der Waals surface area contributed by atoms with Crippen molar-refractivity contribution in [2.24, 2.45) is 0 Å². The summed E-state index contributed by atoms with van der Waals surface area (Å²) in [7, 11) is 0.204. The first kappa shape index (κ1) is 16.9. The molecule has 1 aromatic rings. The number of hydrogen-bond donors (Lipinski definition) is 1. The molecule has 0 aromatic carbocycles. The smallest absolute Gasteiger partial charge is 0.345 e. The van der Waals surface area contributed by atoms with Gasteiger partial charge in [-0.25, -0.2) is 13.2 Å². The zero-order valence-electron chi connectivity index (χ0n) is 11.7. The molecule has 1 unspecified atom stereocenters. The quantitative estimate of drug-likeness (QED) is 0.840. The molecule has 2 heterocycles. The molecule has 0 saturated carbocycles. The molecule has 118 valence electrons. The maximum atomic E-state index is 12.7. The molecule has 6 nitrogen and oxygen atoms in total. The molecule has 2 rings (SSSR count). The van der Waals surface area contributed by atoms with Gasteiger partial charge in [0.25, 0.3) is 0 Å². The minimum Gasteiger partial charge on any atom is -0.477 e. The highest BCUT2D eigenvalue weighted by molar-refractivity contribution is 9.11. The highest BCUT2D eigenvalue weighted by Gasteiger charge is 2.33. The number of likely N-dealkylation sites (N-methyl/N-ethyl adjacent to an activating group) is 1. The Bertz CT molecular complexity index is 642.